The summed E-state index contributed by atoms with van der Waals surface area (Å²) in [4.78, 5) is 1.46. The number of alkyl halides is 4. The predicted octanol–water partition coefficient (Wildman–Crippen LogP) is 5.53. The SMILES string of the molecule is COc1ccc(Cl)cc1N1CC(F)c2ccc(C(F)(F)F)cc21. The first kappa shape index (κ1) is 15.9. The van der Waals surface area contributed by atoms with Crippen LogP contribution in [0.4, 0.5) is 28.9 Å². The molecule has 3 rings (SSSR count). The molecular weight excluding hydrogens is 334 g/mol. The largest absolute Gasteiger partial charge is 0.495 e. The van der Waals surface area contributed by atoms with Gasteiger partial charge in [-0.1, -0.05) is 17.7 Å². The third-order valence-corrected chi connectivity index (χ3v) is 4.00. The van der Waals surface area contributed by atoms with Crippen molar-refractivity contribution in [2.24, 2.45) is 0 Å². The molecule has 1 heterocycles. The van der Waals surface area contributed by atoms with Crippen LogP contribution in [-0.4, -0.2) is 13.7 Å². The van der Waals surface area contributed by atoms with E-state index in [0.717, 1.165) is 12.1 Å². The number of anilines is 2. The summed E-state index contributed by atoms with van der Waals surface area (Å²) in [5.41, 5.74) is 0.00462. The van der Waals surface area contributed by atoms with Crippen LogP contribution < -0.4 is 9.64 Å². The van der Waals surface area contributed by atoms with E-state index >= 15 is 0 Å². The minimum Gasteiger partial charge on any atom is -0.495 e. The van der Waals surface area contributed by atoms with Crippen molar-refractivity contribution in [3.8, 4) is 5.75 Å². The van der Waals surface area contributed by atoms with E-state index in [2.05, 4.69) is 0 Å². The molecule has 2 aromatic rings. The van der Waals surface area contributed by atoms with Gasteiger partial charge in [0, 0.05) is 16.3 Å². The maximum Gasteiger partial charge on any atom is 0.416 e. The molecule has 0 fully saturated rings. The van der Waals surface area contributed by atoms with E-state index in [-0.39, 0.29) is 17.8 Å². The number of methoxy groups -OCH3 is 1. The third-order valence-electron chi connectivity index (χ3n) is 3.76. The second kappa shape index (κ2) is 5.60. The quantitative estimate of drug-likeness (QED) is 0.663. The minimum atomic E-state index is -4.49. The first-order valence-electron chi connectivity index (χ1n) is 6.77. The Morgan fingerprint density at radius 3 is 2.52 bits per heavy atom. The molecule has 2 aromatic carbocycles. The highest BCUT2D eigenvalue weighted by Crippen LogP contribution is 2.47. The summed E-state index contributed by atoms with van der Waals surface area (Å²) in [5, 5.41) is 0.386. The zero-order chi connectivity index (χ0) is 16.8. The standard InChI is InChI=1S/C16H12ClF4NO/c1-23-15-5-3-10(17)7-14(15)22-8-12(18)11-4-2-9(6-13(11)22)16(19,20)21/h2-7,12H,8H2,1H3. The lowest BCUT2D eigenvalue weighted by Crippen LogP contribution is -2.16. The van der Waals surface area contributed by atoms with Gasteiger partial charge in [-0.3, -0.25) is 0 Å². The number of fused-ring (bicyclic) bond motifs is 1. The third kappa shape index (κ3) is 2.83. The molecule has 0 saturated heterocycles. The van der Waals surface area contributed by atoms with E-state index in [1.165, 1.54) is 18.1 Å². The Bertz CT molecular complexity index is 747. The zero-order valence-electron chi connectivity index (χ0n) is 12.0. The van der Waals surface area contributed by atoms with Gasteiger partial charge in [0.25, 0.3) is 0 Å². The number of hydrogen-bond donors (Lipinski definition) is 0. The fourth-order valence-electron chi connectivity index (χ4n) is 2.68. The lowest BCUT2D eigenvalue weighted by Gasteiger charge is -2.22. The molecule has 122 valence electrons. The summed E-state index contributed by atoms with van der Waals surface area (Å²) in [6.07, 6.45) is -5.87. The Balaban J connectivity index is 2.14. The van der Waals surface area contributed by atoms with Crippen LogP contribution in [0.1, 0.15) is 17.3 Å². The zero-order valence-corrected chi connectivity index (χ0v) is 12.7. The van der Waals surface area contributed by atoms with Crippen molar-refractivity contribution in [2.75, 3.05) is 18.6 Å². The molecule has 7 heteroatoms. The molecule has 0 aliphatic carbocycles. The molecule has 0 spiro atoms. The highest BCUT2D eigenvalue weighted by molar-refractivity contribution is 6.31. The number of ether oxygens (including phenoxy) is 1. The van der Waals surface area contributed by atoms with Gasteiger partial charge in [-0.15, -0.1) is 0 Å². The van der Waals surface area contributed by atoms with Gasteiger partial charge >= 0.3 is 6.18 Å². The fourth-order valence-corrected chi connectivity index (χ4v) is 2.84. The van der Waals surface area contributed by atoms with E-state index < -0.39 is 17.9 Å². The molecular formula is C16H12ClF4NO. The van der Waals surface area contributed by atoms with Gasteiger partial charge in [-0.25, -0.2) is 4.39 Å². The van der Waals surface area contributed by atoms with Crippen LogP contribution in [-0.2, 0) is 6.18 Å². The highest BCUT2D eigenvalue weighted by Gasteiger charge is 2.36. The van der Waals surface area contributed by atoms with Crippen molar-refractivity contribution in [3.63, 3.8) is 0 Å². The molecule has 0 radical (unpaired) electrons. The van der Waals surface area contributed by atoms with Gasteiger partial charge in [0.1, 0.15) is 11.9 Å². The molecule has 0 saturated carbocycles. The number of halogens is 5. The van der Waals surface area contributed by atoms with E-state index in [1.54, 1.807) is 18.2 Å². The van der Waals surface area contributed by atoms with Crippen LogP contribution in [0.2, 0.25) is 5.02 Å². The highest BCUT2D eigenvalue weighted by atomic mass is 35.5. The van der Waals surface area contributed by atoms with Crippen LogP contribution in [0.15, 0.2) is 36.4 Å². The number of benzene rings is 2. The normalized spacial score (nSPS) is 17.3. The topological polar surface area (TPSA) is 12.5 Å². The number of hydrogen-bond acceptors (Lipinski definition) is 2. The van der Waals surface area contributed by atoms with Gasteiger partial charge in [0.2, 0.25) is 0 Å². The van der Waals surface area contributed by atoms with Crippen molar-refractivity contribution in [3.05, 3.63) is 52.5 Å². The minimum absolute atomic E-state index is 0.0899. The van der Waals surface area contributed by atoms with Crippen molar-refractivity contribution < 1.29 is 22.3 Å². The van der Waals surface area contributed by atoms with Crippen molar-refractivity contribution >= 4 is 23.0 Å². The maximum atomic E-state index is 14.2. The maximum absolute atomic E-state index is 14.2. The second-order valence-electron chi connectivity index (χ2n) is 5.17. The van der Waals surface area contributed by atoms with E-state index in [0.29, 0.717) is 16.5 Å². The lowest BCUT2D eigenvalue weighted by atomic mass is 10.1. The Kier molecular flexibility index (Phi) is 3.88. The molecule has 0 aromatic heterocycles. The van der Waals surface area contributed by atoms with Crippen LogP contribution in [0.3, 0.4) is 0 Å². The second-order valence-corrected chi connectivity index (χ2v) is 5.60. The van der Waals surface area contributed by atoms with Crippen LogP contribution in [0, 0.1) is 0 Å². The lowest BCUT2D eigenvalue weighted by molar-refractivity contribution is -0.137. The fraction of sp³-hybridized carbons (Fsp3) is 0.250. The smallest absolute Gasteiger partial charge is 0.416 e. The number of rotatable bonds is 2. The average molecular weight is 346 g/mol. The molecule has 0 amide bonds. The van der Waals surface area contributed by atoms with Gasteiger partial charge in [-0.2, -0.15) is 13.2 Å². The van der Waals surface area contributed by atoms with Gasteiger partial charge in [0.15, 0.2) is 0 Å². The molecule has 1 atom stereocenters. The van der Waals surface area contributed by atoms with Crippen molar-refractivity contribution in [1.82, 2.24) is 0 Å². The van der Waals surface area contributed by atoms with Gasteiger partial charge in [-0.05, 0) is 30.3 Å². The predicted molar refractivity (Wildman–Crippen MR) is 80.3 cm³/mol. The van der Waals surface area contributed by atoms with Crippen LogP contribution >= 0.6 is 11.6 Å². The van der Waals surface area contributed by atoms with Gasteiger partial charge < -0.3 is 9.64 Å². The Labute approximate surface area is 135 Å². The molecule has 1 aliphatic rings. The summed E-state index contributed by atoms with van der Waals surface area (Å²) in [6.45, 7) is -0.0899. The Hall–Kier alpha value is -1.95. The van der Waals surface area contributed by atoms with Crippen LogP contribution in [0.5, 0.6) is 5.75 Å². The number of nitrogens with zero attached hydrogens (tertiary/aromatic N) is 1. The first-order chi connectivity index (χ1) is 10.8. The summed E-state index contributed by atoms with van der Waals surface area (Å²) in [5.74, 6) is 0.409. The van der Waals surface area contributed by atoms with Crippen molar-refractivity contribution in [1.29, 1.82) is 0 Å². The van der Waals surface area contributed by atoms with Crippen LogP contribution in [0.25, 0.3) is 0 Å². The summed E-state index contributed by atoms with van der Waals surface area (Å²) >= 11 is 5.96. The first-order valence-corrected chi connectivity index (χ1v) is 7.15. The monoisotopic (exact) mass is 345 g/mol. The van der Waals surface area contributed by atoms with E-state index in [4.69, 9.17) is 16.3 Å². The molecule has 2 nitrogen and oxygen atoms in total. The van der Waals surface area contributed by atoms with Crippen molar-refractivity contribution in [2.45, 2.75) is 12.3 Å². The molecule has 1 unspecified atom stereocenters. The summed E-state index contributed by atoms with van der Waals surface area (Å²) < 4.78 is 58.2. The molecule has 0 bridgehead atoms. The molecule has 0 N–H and O–H groups in total. The molecule has 23 heavy (non-hydrogen) atoms. The summed E-state index contributed by atoms with van der Waals surface area (Å²) in [6, 6.07) is 7.76. The van der Waals surface area contributed by atoms with E-state index in [1.807, 2.05) is 0 Å². The molecule has 1 aliphatic heterocycles. The summed E-state index contributed by atoms with van der Waals surface area (Å²) in [7, 11) is 1.43. The average Bonchev–Trinajstić information content (AvgIpc) is 2.83. The Morgan fingerprint density at radius 2 is 1.87 bits per heavy atom. The Morgan fingerprint density at radius 1 is 1.13 bits per heavy atom. The van der Waals surface area contributed by atoms with Gasteiger partial charge in [0.05, 0.1) is 24.9 Å². The van der Waals surface area contributed by atoms with E-state index in [9.17, 15) is 17.6 Å².